The van der Waals surface area contributed by atoms with Crippen LogP contribution >= 0.6 is 31.9 Å². The van der Waals surface area contributed by atoms with Gasteiger partial charge < -0.3 is 0 Å². The van der Waals surface area contributed by atoms with Gasteiger partial charge in [0.1, 0.15) is 0 Å². The molecule has 0 N–H and O–H groups in total. The van der Waals surface area contributed by atoms with Crippen LogP contribution in [0.1, 0.15) is 25.3 Å². The number of hydrogen-bond acceptors (Lipinski definition) is 0. The van der Waals surface area contributed by atoms with Crippen molar-refractivity contribution in [2.24, 2.45) is 0 Å². The molecule has 0 radical (unpaired) electrons. The van der Waals surface area contributed by atoms with Gasteiger partial charge in [-0.2, -0.15) is 4.57 Å². The molecule has 0 unspecified atom stereocenters. The first-order valence-electron chi connectivity index (χ1n) is 4.56. The Labute approximate surface area is 102 Å². The number of pyridine rings is 1. The molecule has 0 bridgehead atoms. The van der Waals surface area contributed by atoms with Crippen molar-refractivity contribution < 1.29 is 4.57 Å². The van der Waals surface area contributed by atoms with Gasteiger partial charge in [0.15, 0.2) is 18.6 Å². The van der Waals surface area contributed by atoms with E-state index in [4.69, 9.17) is 0 Å². The van der Waals surface area contributed by atoms with Crippen LogP contribution in [0.15, 0.2) is 29.0 Å². The Morgan fingerprint density at radius 1 is 1.43 bits per heavy atom. The lowest BCUT2D eigenvalue weighted by molar-refractivity contribution is -0.568. The summed E-state index contributed by atoms with van der Waals surface area (Å²) in [5.41, 5.74) is 1.37. The number of alkyl halides is 1. The lowest BCUT2D eigenvalue weighted by Gasteiger charge is -2.01. The summed E-state index contributed by atoms with van der Waals surface area (Å²) in [7, 11) is 0. The third-order valence-electron chi connectivity index (χ3n) is 1.96. The van der Waals surface area contributed by atoms with Crippen molar-refractivity contribution >= 4 is 38.1 Å². The van der Waals surface area contributed by atoms with E-state index in [0.29, 0.717) is 5.92 Å². The third kappa shape index (κ3) is 3.54. The van der Waals surface area contributed by atoms with Crippen molar-refractivity contribution in [3.63, 3.8) is 0 Å². The Morgan fingerprint density at radius 2 is 2.00 bits per heavy atom. The van der Waals surface area contributed by atoms with Crippen LogP contribution in [0.2, 0.25) is 0 Å². The fraction of sp³-hybridized carbons (Fsp3) is 0.364. The number of rotatable bonds is 3. The van der Waals surface area contributed by atoms with Crippen molar-refractivity contribution in [2.45, 2.75) is 19.8 Å². The van der Waals surface area contributed by atoms with Crippen molar-refractivity contribution in [2.75, 3.05) is 5.33 Å². The van der Waals surface area contributed by atoms with Crippen LogP contribution in [-0.2, 0) is 0 Å². The van der Waals surface area contributed by atoms with E-state index in [1.807, 2.05) is 10.8 Å². The molecule has 0 saturated carbocycles. The second kappa shape index (κ2) is 5.66. The van der Waals surface area contributed by atoms with Crippen LogP contribution in [0.4, 0.5) is 0 Å². The molecule has 0 amide bonds. The minimum atomic E-state index is 0.591. The molecule has 0 spiro atoms. The van der Waals surface area contributed by atoms with E-state index in [1.54, 1.807) is 0 Å². The monoisotopic (exact) mass is 318 g/mol. The lowest BCUT2D eigenvalue weighted by atomic mass is 10.1. The summed E-state index contributed by atoms with van der Waals surface area (Å²) in [4.78, 5) is 0. The Kier molecular flexibility index (Phi) is 4.82. The first-order valence-corrected chi connectivity index (χ1v) is 6.47. The van der Waals surface area contributed by atoms with E-state index in [-0.39, 0.29) is 0 Å². The molecule has 1 heterocycles. The molecule has 76 valence electrons. The van der Waals surface area contributed by atoms with Crippen molar-refractivity contribution in [3.8, 4) is 0 Å². The zero-order chi connectivity index (χ0) is 10.6. The summed E-state index contributed by atoms with van der Waals surface area (Å²) in [6.07, 6.45) is 6.18. The molecule has 0 saturated heterocycles. The summed E-state index contributed by atoms with van der Waals surface area (Å²) in [6, 6.07) is 4.30. The molecule has 0 aliphatic rings. The summed E-state index contributed by atoms with van der Waals surface area (Å²) in [5, 5.41) is 0.839. The zero-order valence-electron chi connectivity index (χ0n) is 8.37. The SMILES string of the molecule is CC(C)c1cc[n+](C=C(Br)CBr)cc1. The topological polar surface area (TPSA) is 3.88 Å². The van der Waals surface area contributed by atoms with Crippen molar-refractivity contribution in [1.82, 2.24) is 0 Å². The zero-order valence-corrected chi connectivity index (χ0v) is 11.5. The Bertz CT molecular complexity index is 315. The third-order valence-corrected chi connectivity index (χ3v) is 3.80. The van der Waals surface area contributed by atoms with Gasteiger partial charge >= 0.3 is 0 Å². The van der Waals surface area contributed by atoms with Gasteiger partial charge in [0.2, 0.25) is 0 Å². The summed E-state index contributed by atoms with van der Waals surface area (Å²) >= 11 is 6.84. The molecular weight excluding hydrogens is 306 g/mol. The predicted octanol–water partition coefficient (Wildman–Crippen LogP) is 3.69. The van der Waals surface area contributed by atoms with Gasteiger partial charge in [-0.05, 0) is 27.4 Å². The van der Waals surface area contributed by atoms with Crippen LogP contribution < -0.4 is 4.57 Å². The quantitative estimate of drug-likeness (QED) is 0.591. The number of hydrogen-bond donors (Lipinski definition) is 0. The molecule has 1 nitrogen and oxygen atoms in total. The van der Waals surface area contributed by atoms with E-state index in [9.17, 15) is 0 Å². The first-order chi connectivity index (χ1) is 6.63. The van der Waals surface area contributed by atoms with Crippen LogP contribution in [-0.4, -0.2) is 5.33 Å². The second-order valence-corrected chi connectivity index (χ2v) is 5.02. The van der Waals surface area contributed by atoms with E-state index >= 15 is 0 Å². The number of aromatic nitrogens is 1. The second-order valence-electron chi connectivity index (χ2n) is 3.44. The molecule has 0 atom stereocenters. The highest BCUT2D eigenvalue weighted by Gasteiger charge is 2.02. The molecule has 1 aromatic heterocycles. The van der Waals surface area contributed by atoms with Gasteiger partial charge in [-0.15, -0.1) is 0 Å². The van der Waals surface area contributed by atoms with Gasteiger partial charge in [0, 0.05) is 17.5 Å². The van der Waals surface area contributed by atoms with Crippen LogP contribution in [0, 0.1) is 0 Å². The Hall–Kier alpha value is -0.150. The van der Waals surface area contributed by atoms with E-state index in [0.717, 1.165) is 9.81 Å². The maximum atomic E-state index is 3.45. The number of nitrogens with zero attached hydrogens (tertiary/aromatic N) is 1. The predicted molar refractivity (Wildman–Crippen MR) is 67.7 cm³/mol. The summed E-state index contributed by atoms with van der Waals surface area (Å²) in [5.74, 6) is 0.591. The normalized spacial score (nSPS) is 12.2. The minimum absolute atomic E-state index is 0.591. The molecule has 0 aliphatic carbocycles. The molecule has 1 aromatic rings. The molecular formula is C11H14Br2N+. The molecule has 0 aliphatic heterocycles. The molecule has 14 heavy (non-hydrogen) atoms. The van der Waals surface area contributed by atoms with Crippen LogP contribution in [0.3, 0.4) is 0 Å². The molecule has 0 aromatic carbocycles. The summed E-state index contributed by atoms with van der Waals surface area (Å²) < 4.78 is 3.16. The largest absolute Gasteiger partial charge is 0.185 e. The lowest BCUT2D eigenvalue weighted by Crippen LogP contribution is -2.25. The average molecular weight is 320 g/mol. The fourth-order valence-electron chi connectivity index (χ4n) is 1.12. The van der Waals surface area contributed by atoms with Crippen molar-refractivity contribution in [3.05, 3.63) is 34.6 Å². The van der Waals surface area contributed by atoms with Crippen LogP contribution in [0.5, 0.6) is 0 Å². The highest BCUT2D eigenvalue weighted by molar-refractivity contribution is 9.13. The van der Waals surface area contributed by atoms with Gasteiger partial charge in [0.05, 0.1) is 4.48 Å². The molecule has 0 fully saturated rings. The van der Waals surface area contributed by atoms with Gasteiger partial charge in [-0.1, -0.05) is 29.8 Å². The standard InChI is InChI=1S/C11H14Br2N/c1-9(2)10-3-5-14(6-4-10)8-11(13)7-12/h3-6,8-9H,7H2,1-2H3/q+1. The van der Waals surface area contributed by atoms with E-state index < -0.39 is 0 Å². The minimum Gasteiger partial charge on any atom is -0.173 e. The molecule has 1 rings (SSSR count). The smallest absolute Gasteiger partial charge is 0.173 e. The van der Waals surface area contributed by atoms with Gasteiger partial charge in [0.25, 0.3) is 0 Å². The van der Waals surface area contributed by atoms with Gasteiger partial charge in [-0.25, -0.2) is 0 Å². The maximum absolute atomic E-state index is 3.45. The highest BCUT2D eigenvalue weighted by atomic mass is 79.9. The molecule has 3 heteroatoms. The first kappa shape index (κ1) is 11.9. The van der Waals surface area contributed by atoms with Gasteiger partial charge in [-0.3, -0.25) is 0 Å². The number of halogens is 2. The average Bonchev–Trinajstić information content (AvgIpc) is 2.18. The fourth-order valence-corrected chi connectivity index (χ4v) is 1.50. The Morgan fingerprint density at radius 3 is 2.43 bits per heavy atom. The summed E-state index contributed by atoms with van der Waals surface area (Å²) in [6.45, 7) is 4.40. The van der Waals surface area contributed by atoms with Crippen LogP contribution in [0.25, 0.3) is 6.20 Å². The number of allylic oxidation sites excluding steroid dienone is 1. The maximum Gasteiger partial charge on any atom is 0.185 e. The van der Waals surface area contributed by atoms with E-state index in [2.05, 4.69) is 70.2 Å². The Balaban J connectivity index is 2.84. The highest BCUT2D eigenvalue weighted by Crippen LogP contribution is 2.11. The van der Waals surface area contributed by atoms with E-state index in [1.165, 1.54) is 5.56 Å². The van der Waals surface area contributed by atoms with Crippen molar-refractivity contribution in [1.29, 1.82) is 0 Å².